The quantitative estimate of drug-likeness (QED) is 0.802. The molecule has 2 saturated heterocycles. The van der Waals surface area contributed by atoms with Crippen LogP contribution in [0.15, 0.2) is 10.9 Å². The number of fused-ring (bicyclic) bond motifs is 1. The smallest absolute Gasteiger partial charge is 0.270 e. The Morgan fingerprint density at radius 1 is 1.52 bits per heavy atom. The highest BCUT2D eigenvalue weighted by Gasteiger charge is 2.46. The van der Waals surface area contributed by atoms with Crippen LogP contribution in [0.1, 0.15) is 23.8 Å². The molecular weight excluding hydrogens is 338 g/mol. The largest absolute Gasteiger partial charge is 0.376 e. The van der Waals surface area contributed by atoms with Crippen LogP contribution >= 0.6 is 11.3 Å². The third-order valence-electron chi connectivity index (χ3n) is 4.45. The van der Waals surface area contributed by atoms with Crippen molar-refractivity contribution >= 4 is 27.3 Å². The van der Waals surface area contributed by atoms with Crippen LogP contribution in [0.25, 0.3) is 0 Å². The maximum absolute atomic E-state index is 12.2. The predicted molar refractivity (Wildman–Crippen MR) is 86.8 cm³/mol. The molecule has 2 aliphatic rings. The van der Waals surface area contributed by atoms with E-state index in [1.807, 2.05) is 6.92 Å². The van der Waals surface area contributed by atoms with E-state index in [0.717, 1.165) is 0 Å². The summed E-state index contributed by atoms with van der Waals surface area (Å²) < 4.78 is 31.7. The van der Waals surface area contributed by atoms with Gasteiger partial charge in [-0.05, 0) is 6.42 Å². The van der Waals surface area contributed by atoms with Crippen LogP contribution < -0.4 is 5.32 Å². The second-order valence-corrected chi connectivity index (χ2v) is 8.82. The van der Waals surface area contributed by atoms with Crippen LogP contribution in [0.2, 0.25) is 0 Å². The Balaban J connectivity index is 1.56. The van der Waals surface area contributed by atoms with Crippen molar-refractivity contribution in [1.29, 1.82) is 0 Å². The van der Waals surface area contributed by atoms with Crippen LogP contribution in [0.4, 0.5) is 0 Å². The number of aromatic nitrogens is 1. The number of hydrogen-bond acceptors (Lipinski definition) is 6. The zero-order chi connectivity index (χ0) is 16.4. The minimum atomic E-state index is -3.18. The Labute approximate surface area is 140 Å². The Hall–Kier alpha value is -1.03. The molecule has 0 aromatic carbocycles. The van der Waals surface area contributed by atoms with Crippen molar-refractivity contribution in [1.82, 2.24) is 14.6 Å². The van der Waals surface area contributed by atoms with E-state index in [4.69, 9.17) is 4.74 Å². The molecule has 0 aliphatic carbocycles. The molecule has 9 heteroatoms. The molecule has 3 atom stereocenters. The molecule has 1 amide bonds. The molecule has 0 spiro atoms. The maximum Gasteiger partial charge on any atom is 0.270 e. The molecule has 128 valence electrons. The summed E-state index contributed by atoms with van der Waals surface area (Å²) >= 11 is 1.38. The molecule has 1 aromatic heterocycles. The second kappa shape index (κ2) is 6.84. The molecule has 23 heavy (non-hydrogen) atoms. The van der Waals surface area contributed by atoms with Gasteiger partial charge in [-0.15, -0.1) is 11.3 Å². The lowest BCUT2D eigenvalue weighted by Crippen LogP contribution is -2.36. The lowest BCUT2D eigenvalue weighted by molar-refractivity contribution is 0.0928. The predicted octanol–water partition coefficient (Wildman–Crippen LogP) is 0.559. The number of nitrogens with zero attached hydrogens (tertiary/aromatic N) is 2. The number of thiazole rings is 1. The molecule has 0 unspecified atom stereocenters. The first kappa shape index (κ1) is 16.8. The second-order valence-electron chi connectivity index (χ2n) is 6.01. The zero-order valence-corrected chi connectivity index (χ0v) is 14.6. The Bertz CT molecular complexity index is 647. The molecule has 7 nitrogen and oxygen atoms in total. The number of rotatable bonds is 6. The summed E-state index contributed by atoms with van der Waals surface area (Å²) in [5, 5.41) is 4.58. The minimum Gasteiger partial charge on any atom is -0.376 e. The Kier molecular flexibility index (Phi) is 5.00. The van der Waals surface area contributed by atoms with E-state index < -0.39 is 10.0 Å². The number of carbonyl (C=O) groups excluding carboxylic acids is 1. The third-order valence-corrected chi connectivity index (χ3v) is 7.05. The summed E-state index contributed by atoms with van der Waals surface area (Å²) in [5.74, 6) is 0.280. The van der Waals surface area contributed by atoms with Crippen molar-refractivity contribution < 1.29 is 17.9 Å². The monoisotopic (exact) mass is 359 g/mol. The number of sulfonamides is 1. The molecule has 3 rings (SSSR count). The molecule has 2 fully saturated rings. The van der Waals surface area contributed by atoms with Crippen molar-refractivity contribution in [2.24, 2.45) is 11.8 Å². The van der Waals surface area contributed by atoms with E-state index in [1.54, 1.807) is 15.2 Å². The average Bonchev–Trinajstić information content (AvgIpc) is 3.21. The van der Waals surface area contributed by atoms with Crippen molar-refractivity contribution in [3.05, 3.63) is 16.6 Å². The van der Waals surface area contributed by atoms with E-state index in [-0.39, 0.29) is 29.6 Å². The van der Waals surface area contributed by atoms with Crippen LogP contribution in [0.5, 0.6) is 0 Å². The summed E-state index contributed by atoms with van der Waals surface area (Å²) in [7, 11) is -3.18. The fourth-order valence-corrected chi connectivity index (χ4v) is 5.31. The van der Waals surface area contributed by atoms with Crippen LogP contribution in [0, 0.1) is 11.8 Å². The normalized spacial score (nSPS) is 28.0. The van der Waals surface area contributed by atoms with Gasteiger partial charge in [-0.2, -0.15) is 4.31 Å². The van der Waals surface area contributed by atoms with E-state index in [1.165, 1.54) is 11.3 Å². The SMILES string of the molecule is CCCS(=O)(=O)N1C[C@@H]2[C@@H](CNC(=O)c3cscn3)CO[C@@H]2C1. The summed E-state index contributed by atoms with van der Waals surface area (Å²) in [6.07, 6.45) is 0.560. The highest BCUT2D eigenvalue weighted by Crippen LogP contribution is 2.34. The van der Waals surface area contributed by atoms with Gasteiger partial charge >= 0.3 is 0 Å². The van der Waals surface area contributed by atoms with Gasteiger partial charge in [0.1, 0.15) is 5.69 Å². The first-order valence-electron chi connectivity index (χ1n) is 7.77. The van der Waals surface area contributed by atoms with Gasteiger partial charge in [0, 0.05) is 36.9 Å². The van der Waals surface area contributed by atoms with E-state index in [0.29, 0.717) is 38.4 Å². The van der Waals surface area contributed by atoms with Crippen molar-refractivity contribution in [2.45, 2.75) is 19.4 Å². The highest BCUT2D eigenvalue weighted by atomic mass is 32.2. The standard InChI is InChI=1S/C14H21N3O4S2/c1-2-3-23(19,20)17-5-11-10(7-21-13(11)6-17)4-15-14(18)12-8-22-9-16-12/h8-11,13H,2-7H2,1H3,(H,15,18)/t10-,11+,13+/m0/s1. The lowest BCUT2D eigenvalue weighted by atomic mass is 9.93. The zero-order valence-electron chi connectivity index (χ0n) is 13.0. The van der Waals surface area contributed by atoms with Gasteiger partial charge in [-0.1, -0.05) is 6.92 Å². The number of carbonyl (C=O) groups is 1. The molecule has 3 heterocycles. The van der Waals surface area contributed by atoms with Crippen LogP contribution in [-0.4, -0.2) is 61.7 Å². The van der Waals surface area contributed by atoms with Crippen LogP contribution in [-0.2, 0) is 14.8 Å². The van der Waals surface area contributed by atoms with Crippen molar-refractivity contribution in [2.75, 3.05) is 32.0 Å². The highest BCUT2D eigenvalue weighted by molar-refractivity contribution is 7.89. The first-order valence-corrected chi connectivity index (χ1v) is 10.3. The van der Waals surface area contributed by atoms with Gasteiger partial charge < -0.3 is 10.1 Å². The third kappa shape index (κ3) is 3.57. The maximum atomic E-state index is 12.2. The van der Waals surface area contributed by atoms with Crippen molar-refractivity contribution in [3.8, 4) is 0 Å². The Morgan fingerprint density at radius 2 is 2.35 bits per heavy atom. The van der Waals surface area contributed by atoms with Gasteiger partial charge in [0.15, 0.2) is 0 Å². The summed E-state index contributed by atoms with van der Waals surface area (Å²) in [6.45, 7) is 3.84. The van der Waals surface area contributed by atoms with Gasteiger partial charge in [0.05, 0.1) is 24.0 Å². The van der Waals surface area contributed by atoms with Gasteiger partial charge in [0.25, 0.3) is 5.91 Å². The van der Waals surface area contributed by atoms with Crippen molar-refractivity contribution in [3.63, 3.8) is 0 Å². The number of ether oxygens (including phenoxy) is 1. The number of amides is 1. The first-order chi connectivity index (χ1) is 11.0. The molecule has 1 aromatic rings. The fraction of sp³-hybridized carbons (Fsp3) is 0.714. The van der Waals surface area contributed by atoms with Gasteiger partial charge in [0.2, 0.25) is 10.0 Å². The molecule has 2 aliphatic heterocycles. The van der Waals surface area contributed by atoms with Gasteiger partial charge in [-0.3, -0.25) is 4.79 Å². The lowest BCUT2D eigenvalue weighted by Gasteiger charge is -2.19. The topological polar surface area (TPSA) is 88.6 Å². The molecular formula is C14H21N3O4S2. The van der Waals surface area contributed by atoms with Crippen LogP contribution in [0.3, 0.4) is 0 Å². The van der Waals surface area contributed by atoms with E-state index >= 15 is 0 Å². The number of nitrogens with one attached hydrogen (secondary N) is 1. The molecule has 0 saturated carbocycles. The molecule has 1 N–H and O–H groups in total. The molecule has 0 radical (unpaired) electrons. The van der Waals surface area contributed by atoms with Gasteiger partial charge in [-0.25, -0.2) is 13.4 Å². The van der Waals surface area contributed by atoms with E-state index in [2.05, 4.69) is 10.3 Å². The summed E-state index contributed by atoms with van der Waals surface area (Å²) in [5.41, 5.74) is 2.04. The summed E-state index contributed by atoms with van der Waals surface area (Å²) in [4.78, 5) is 15.9. The Morgan fingerprint density at radius 3 is 3.04 bits per heavy atom. The summed E-state index contributed by atoms with van der Waals surface area (Å²) in [6, 6.07) is 0. The number of hydrogen-bond donors (Lipinski definition) is 1. The minimum absolute atomic E-state index is 0.0530. The average molecular weight is 359 g/mol. The fourth-order valence-electron chi connectivity index (χ4n) is 3.23. The molecule has 0 bridgehead atoms. The van der Waals surface area contributed by atoms with E-state index in [9.17, 15) is 13.2 Å².